The minimum absolute atomic E-state index is 0.172. The Balaban J connectivity index is 1.50. The molecule has 26 heavy (non-hydrogen) atoms. The van der Waals surface area contributed by atoms with Crippen molar-refractivity contribution in [3.05, 3.63) is 47.7 Å². The van der Waals surface area contributed by atoms with Gasteiger partial charge >= 0.3 is 11.9 Å². The first-order valence-electron chi connectivity index (χ1n) is 8.84. The normalized spacial score (nSPS) is 17.4. The highest BCUT2D eigenvalue weighted by Crippen LogP contribution is 2.19. The number of fused-ring (bicyclic) bond motifs is 1. The summed E-state index contributed by atoms with van der Waals surface area (Å²) in [6.07, 6.45) is 4.90. The summed E-state index contributed by atoms with van der Waals surface area (Å²) in [5.41, 5.74) is 3.02. The number of rotatable bonds is 6. The lowest BCUT2D eigenvalue weighted by Crippen LogP contribution is -2.26. The Labute approximate surface area is 152 Å². The fourth-order valence-electron chi connectivity index (χ4n) is 3.16. The minimum Gasteiger partial charge on any atom is -0.465 e. The van der Waals surface area contributed by atoms with Gasteiger partial charge in [-0.25, -0.2) is 0 Å². The van der Waals surface area contributed by atoms with Gasteiger partial charge in [0, 0.05) is 43.0 Å². The largest absolute Gasteiger partial charge is 0.465 e. The van der Waals surface area contributed by atoms with Crippen LogP contribution >= 0.6 is 0 Å². The van der Waals surface area contributed by atoms with Gasteiger partial charge in [-0.3, -0.25) is 9.59 Å². The summed E-state index contributed by atoms with van der Waals surface area (Å²) in [6.45, 7) is 3.55. The maximum absolute atomic E-state index is 12.2. The standard InChI is InChI=1S/C20H24N2O4/c1-14(23)25-12-15-6-7-21-10-16(8-15)13-26-20(24)9-17-11-22-19-5-3-2-4-18(17)19/h2-6,11,16,21-22H,7-10,12-13H2,1H3. The molecular formula is C20H24N2O4. The Kier molecular flexibility index (Phi) is 6.07. The number of aromatic nitrogens is 1. The SMILES string of the molecule is CC(=O)OCC1=CCNCC(COC(=O)Cc2c[nH]c3ccccc23)C1. The zero-order valence-corrected chi connectivity index (χ0v) is 14.9. The number of benzene rings is 1. The van der Waals surface area contributed by atoms with Crippen molar-refractivity contribution >= 4 is 22.8 Å². The quantitative estimate of drug-likeness (QED) is 0.613. The maximum atomic E-state index is 12.2. The second kappa shape index (κ2) is 8.67. The van der Waals surface area contributed by atoms with Gasteiger partial charge in [-0.15, -0.1) is 0 Å². The molecule has 0 radical (unpaired) electrons. The summed E-state index contributed by atoms with van der Waals surface area (Å²) in [5, 5.41) is 4.34. The van der Waals surface area contributed by atoms with Crippen LogP contribution in [0.1, 0.15) is 18.9 Å². The van der Waals surface area contributed by atoms with E-state index in [-0.39, 0.29) is 24.3 Å². The topological polar surface area (TPSA) is 80.4 Å². The van der Waals surface area contributed by atoms with Crippen LogP contribution in [-0.4, -0.2) is 43.2 Å². The molecule has 1 unspecified atom stereocenters. The molecule has 2 N–H and O–H groups in total. The van der Waals surface area contributed by atoms with Crippen molar-refractivity contribution in [3.8, 4) is 0 Å². The predicted octanol–water partition coefficient (Wildman–Crippen LogP) is 2.35. The molecule has 138 valence electrons. The molecule has 0 spiro atoms. The van der Waals surface area contributed by atoms with Gasteiger partial charge in [-0.2, -0.15) is 0 Å². The molecule has 2 aromatic rings. The molecule has 2 heterocycles. The van der Waals surface area contributed by atoms with Crippen molar-refractivity contribution in [1.29, 1.82) is 0 Å². The number of nitrogens with one attached hydrogen (secondary N) is 2. The van der Waals surface area contributed by atoms with Crippen LogP contribution < -0.4 is 5.32 Å². The van der Waals surface area contributed by atoms with E-state index in [0.29, 0.717) is 13.2 Å². The average molecular weight is 356 g/mol. The molecule has 0 saturated carbocycles. The number of hydrogen-bond acceptors (Lipinski definition) is 5. The number of hydrogen-bond donors (Lipinski definition) is 2. The molecule has 0 amide bonds. The molecule has 1 aromatic heterocycles. The van der Waals surface area contributed by atoms with Crippen molar-refractivity contribution in [2.75, 3.05) is 26.3 Å². The van der Waals surface area contributed by atoms with Crippen molar-refractivity contribution in [1.82, 2.24) is 10.3 Å². The lowest BCUT2D eigenvalue weighted by molar-refractivity contribution is -0.144. The monoisotopic (exact) mass is 356 g/mol. The summed E-state index contributed by atoms with van der Waals surface area (Å²) in [7, 11) is 0. The smallest absolute Gasteiger partial charge is 0.310 e. The second-order valence-corrected chi connectivity index (χ2v) is 6.59. The highest BCUT2D eigenvalue weighted by Gasteiger charge is 2.18. The summed E-state index contributed by atoms with van der Waals surface area (Å²) in [4.78, 5) is 26.4. The fourth-order valence-corrected chi connectivity index (χ4v) is 3.16. The third kappa shape index (κ3) is 4.95. The Morgan fingerprint density at radius 1 is 1.23 bits per heavy atom. The first-order chi connectivity index (χ1) is 12.6. The fraction of sp³-hybridized carbons (Fsp3) is 0.400. The molecule has 0 bridgehead atoms. The van der Waals surface area contributed by atoms with Gasteiger partial charge in [0.1, 0.15) is 6.61 Å². The van der Waals surface area contributed by atoms with Crippen LogP contribution in [-0.2, 0) is 25.5 Å². The molecule has 0 aliphatic carbocycles. The Hall–Kier alpha value is -2.60. The Morgan fingerprint density at radius 3 is 2.92 bits per heavy atom. The van der Waals surface area contributed by atoms with Gasteiger partial charge in [0.15, 0.2) is 0 Å². The van der Waals surface area contributed by atoms with Crippen LogP contribution in [0.4, 0.5) is 0 Å². The zero-order chi connectivity index (χ0) is 18.4. The molecule has 0 fully saturated rings. The molecule has 6 nitrogen and oxygen atoms in total. The minimum atomic E-state index is -0.287. The highest BCUT2D eigenvalue weighted by atomic mass is 16.5. The van der Waals surface area contributed by atoms with E-state index in [1.54, 1.807) is 0 Å². The van der Waals surface area contributed by atoms with Gasteiger partial charge in [0.2, 0.25) is 0 Å². The number of aromatic amines is 1. The summed E-state index contributed by atoms with van der Waals surface area (Å²) < 4.78 is 10.6. The lowest BCUT2D eigenvalue weighted by Gasteiger charge is -2.16. The lowest BCUT2D eigenvalue weighted by atomic mass is 10.0. The molecular weight excluding hydrogens is 332 g/mol. The average Bonchev–Trinajstić information content (AvgIpc) is 2.88. The molecule has 0 saturated heterocycles. The van der Waals surface area contributed by atoms with Crippen LogP contribution in [0.3, 0.4) is 0 Å². The molecule has 6 heteroatoms. The van der Waals surface area contributed by atoms with E-state index in [1.165, 1.54) is 6.92 Å². The number of carbonyl (C=O) groups is 2. The first kappa shape index (κ1) is 18.2. The number of esters is 2. The van der Waals surface area contributed by atoms with Crippen LogP contribution in [0.5, 0.6) is 0 Å². The van der Waals surface area contributed by atoms with Crippen LogP contribution in [0, 0.1) is 5.92 Å². The van der Waals surface area contributed by atoms with Gasteiger partial charge in [0.05, 0.1) is 13.0 Å². The summed E-state index contributed by atoms with van der Waals surface area (Å²) in [6, 6.07) is 7.90. The molecule has 1 aliphatic rings. The van der Waals surface area contributed by atoms with E-state index < -0.39 is 0 Å². The number of ether oxygens (including phenoxy) is 2. The second-order valence-electron chi connectivity index (χ2n) is 6.59. The van der Waals surface area contributed by atoms with Gasteiger partial charge in [0.25, 0.3) is 0 Å². The summed E-state index contributed by atoms with van der Waals surface area (Å²) in [5.74, 6) is -0.347. The molecule has 1 atom stereocenters. The van der Waals surface area contributed by atoms with Gasteiger partial charge in [-0.05, 0) is 23.6 Å². The van der Waals surface area contributed by atoms with Gasteiger partial charge in [-0.1, -0.05) is 24.3 Å². The van der Waals surface area contributed by atoms with Crippen LogP contribution in [0.25, 0.3) is 10.9 Å². The van der Waals surface area contributed by atoms with Crippen molar-refractivity contribution in [3.63, 3.8) is 0 Å². The number of para-hydroxylation sites is 1. The highest BCUT2D eigenvalue weighted by molar-refractivity contribution is 5.87. The van der Waals surface area contributed by atoms with Crippen molar-refractivity contribution in [2.24, 2.45) is 5.92 Å². The number of carbonyl (C=O) groups excluding carboxylic acids is 2. The van der Waals surface area contributed by atoms with E-state index in [0.717, 1.165) is 41.5 Å². The number of H-pyrrole nitrogens is 1. The molecule has 1 aromatic carbocycles. The van der Waals surface area contributed by atoms with E-state index in [4.69, 9.17) is 9.47 Å². The summed E-state index contributed by atoms with van der Waals surface area (Å²) >= 11 is 0. The van der Waals surface area contributed by atoms with Crippen molar-refractivity contribution in [2.45, 2.75) is 19.8 Å². The third-order valence-electron chi connectivity index (χ3n) is 4.47. The van der Waals surface area contributed by atoms with E-state index >= 15 is 0 Å². The van der Waals surface area contributed by atoms with E-state index in [2.05, 4.69) is 10.3 Å². The van der Waals surface area contributed by atoms with Crippen molar-refractivity contribution < 1.29 is 19.1 Å². The van der Waals surface area contributed by atoms with E-state index in [1.807, 2.05) is 36.5 Å². The zero-order valence-electron chi connectivity index (χ0n) is 14.9. The first-order valence-corrected chi connectivity index (χ1v) is 8.84. The van der Waals surface area contributed by atoms with Gasteiger partial charge < -0.3 is 19.8 Å². The predicted molar refractivity (Wildman–Crippen MR) is 98.7 cm³/mol. The molecule has 3 rings (SSSR count). The Morgan fingerprint density at radius 2 is 2.08 bits per heavy atom. The maximum Gasteiger partial charge on any atom is 0.310 e. The third-order valence-corrected chi connectivity index (χ3v) is 4.47. The van der Waals surface area contributed by atoms with E-state index in [9.17, 15) is 9.59 Å². The van der Waals surface area contributed by atoms with Crippen LogP contribution in [0.2, 0.25) is 0 Å². The molecule has 1 aliphatic heterocycles. The van der Waals surface area contributed by atoms with Crippen LogP contribution in [0.15, 0.2) is 42.1 Å². The Bertz CT molecular complexity index is 809.